The van der Waals surface area contributed by atoms with Gasteiger partial charge >= 0.3 is 0 Å². The van der Waals surface area contributed by atoms with Crippen molar-refractivity contribution >= 4 is 37.8 Å². The lowest BCUT2D eigenvalue weighted by molar-refractivity contribution is -0.136. The molecule has 36 heavy (non-hydrogen) atoms. The number of nitrogens with zero attached hydrogens (tertiary/aromatic N) is 2. The molecule has 0 aliphatic heterocycles. The first-order valence-electron chi connectivity index (χ1n) is 11.9. The quantitative estimate of drug-likeness (QED) is 0.0673. The average Bonchev–Trinajstić information content (AvgIpc) is 2.77. The number of likely N-dealkylation sites (N-methyl/N-ethyl adjacent to an activating group) is 1. The summed E-state index contributed by atoms with van der Waals surface area (Å²) in [4.78, 5) is 30.3. The molecule has 2 unspecified atom stereocenters. The summed E-state index contributed by atoms with van der Waals surface area (Å²) in [5.41, 5.74) is 10.5. The molecule has 16 heteroatoms. The van der Waals surface area contributed by atoms with Crippen molar-refractivity contribution in [2.45, 2.75) is 69.5 Å². The summed E-state index contributed by atoms with van der Waals surface area (Å²) in [6, 6.07) is -2.23. The number of guanidine groups is 1. The summed E-state index contributed by atoms with van der Waals surface area (Å²) < 4.78 is 53.4. The normalized spacial score (nSPS) is 16.6. The van der Waals surface area contributed by atoms with Crippen LogP contribution in [0.2, 0.25) is 0 Å². The third kappa shape index (κ3) is 13.9. The van der Waals surface area contributed by atoms with E-state index in [0.29, 0.717) is 32.2 Å². The van der Waals surface area contributed by atoms with Crippen molar-refractivity contribution in [3.05, 3.63) is 0 Å². The molecule has 14 nitrogen and oxygen atoms in total. The van der Waals surface area contributed by atoms with Gasteiger partial charge in [0, 0.05) is 25.9 Å². The predicted octanol–water partition coefficient (Wildman–Crippen LogP) is -2.46. The highest BCUT2D eigenvalue weighted by Gasteiger charge is 2.30. The average molecular weight is 556 g/mol. The minimum absolute atomic E-state index is 0.0605. The minimum atomic E-state index is -4.10. The lowest BCUT2D eigenvalue weighted by atomic mass is 9.96. The summed E-state index contributed by atoms with van der Waals surface area (Å²) in [7, 11) is -6.27. The number of sulfone groups is 1. The van der Waals surface area contributed by atoms with E-state index in [1.54, 1.807) is 0 Å². The SMILES string of the molecule is CN(CC(=O)NC(CO)CCCN=C(N)N)C(=O)C(CCS(C)(=O)=O)NS(=O)(=O)NC1CCCCC1. The number of carbonyl (C=O) groups excluding carboxylic acids is 2. The van der Waals surface area contributed by atoms with E-state index in [-0.39, 0.29) is 25.0 Å². The second-order valence-corrected chi connectivity index (χ2v) is 12.9. The summed E-state index contributed by atoms with van der Waals surface area (Å²) in [6.07, 6.45) is 5.77. The number of aliphatic hydroxyl groups excluding tert-OH is 1. The predicted molar refractivity (Wildman–Crippen MR) is 137 cm³/mol. The Hall–Kier alpha value is -2.01. The monoisotopic (exact) mass is 555 g/mol. The zero-order valence-electron chi connectivity index (χ0n) is 21.0. The molecule has 2 amide bonds. The Morgan fingerprint density at radius 1 is 1.11 bits per heavy atom. The summed E-state index contributed by atoms with van der Waals surface area (Å²) in [5, 5.41) is 12.1. The second kappa shape index (κ2) is 15.3. The molecule has 1 aliphatic rings. The molecule has 1 aliphatic carbocycles. The Morgan fingerprint density at radius 3 is 2.31 bits per heavy atom. The van der Waals surface area contributed by atoms with E-state index in [1.807, 2.05) is 0 Å². The fourth-order valence-electron chi connectivity index (χ4n) is 3.81. The maximum Gasteiger partial charge on any atom is 0.277 e. The third-order valence-corrected chi connectivity index (χ3v) is 7.86. The van der Waals surface area contributed by atoms with Crippen LogP contribution in [0.5, 0.6) is 0 Å². The highest BCUT2D eigenvalue weighted by molar-refractivity contribution is 7.90. The van der Waals surface area contributed by atoms with Gasteiger partial charge in [0.1, 0.15) is 15.9 Å². The molecule has 8 N–H and O–H groups in total. The molecule has 0 aromatic heterocycles. The summed E-state index contributed by atoms with van der Waals surface area (Å²) in [6.45, 7) is -0.435. The Kier molecular flexibility index (Phi) is 13.6. The van der Waals surface area contributed by atoms with Gasteiger partial charge in [-0.15, -0.1) is 0 Å². The van der Waals surface area contributed by atoms with Crippen molar-refractivity contribution in [2.24, 2.45) is 16.5 Å². The fourth-order valence-corrected chi connectivity index (χ4v) is 5.81. The van der Waals surface area contributed by atoms with Crippen LogP contribution < -0.4 is 26.2 Å². The van der Waals surface area contributed by atoms with Crippen LogP contribution >= 0.6 is 0 Å². The number of hydrogen-bond acceptors (Lipinski definition) is 8. The Balaban J connectivity index is 2.77. The number of carbonyl (C=O) groups is 2. The van der Waals surface area contributed by atoms with Crippen LogP contribution in [-0.2, 0) is 29.6 Å². The van der Waals surface area contributed by atoms with Crippen LogP contribution in [0, 0.1) is 0 Å². The number of rotatable bonds is 16. The highest BCUT2D eigenvalue weighted by atomic mass is 32.2. The first-order chi connectivity index (χ1) is 16.7. The van der Waals surface area contributed by atoms with E-state index in [0.717, 1.165) is 30.4 Å². The van der Waals surface area contributed by atoms with Gasteiger partial charge in [0.25, 0.3) is 10.2 Å². The van der Waals surface area contributed by atoms with Crippen molar-refractivity contribution in [1.29, 1.82) is 0 Å². The van der Waals surface area contributed by atoms with Crippen molar-refractivity contribution < 1.29 is 31.5 Å². The van der Waals surface area contributed by atoms with Crippen molar-refractivity contribution in [3.8, 4) is 0 Å². The summed E-state index contributed by atoms with van der Waals surface area (Å²) >= 11 is 0. The number of hydrogen-bond donors (Lipinski definition) is 6. The van der Waals surface area contributed by atoms with E-state index in [9.17, 15) is 31.5 Å². The third-order valence-electron chi connectivity index (χ3n) is 5.65. The lowest BCUT2D eigenvalue weighted by Gasteiger charge is -2.27. The Bertz CT molecular complexity index is 947. The van der Waals surface area contributed by atoms with Gasteiger partial charge in [-0.1, -0.05) is 19.3 Å². The molecule has 2 atom stereocenters. The number of aliphatic imine (C=N–C) groups is 1. The number of nitrogens with one attached hydrogen (secondary N) is 3. The molecule has 0 heterocycles. The largest absolute Gasteiger partial charge is 0.394 e. The first-order valence-corrected chi connectivity index (χ1v) is 15.4. The van der Waals surface area contributed by atoms with Gasteiger partial charge in [-0.2, -0.15) is 17.9 Å². The first kappa shape index (κ1) is 32.0. The van der Waals surface area contributed by atoms with Gasteiger partial charge in [-0.25, -0.2) is 8.42 Å². The molecule has 0 saturated heterocycles. The molecule has 1 rings (SSSR count). The number of nitrogens with two attached hydrogens (primary N) is 2. The van der Waals surface area contributed by atoms with Gasteiger partial charge in [0.15, 0.2) is 5.96 Å². The topological polar surface area (TPSA) is 226 Å². The van der Waals surface area contributed by atoms with Crippen molar-refractivity contribution in [3.63, 3.8) is 0 Å². The fraction of sp³-hybridized carbons (Fsp3) is 0.850. The van der Waals surface area contributed by atoms with Crippen LogP contribution in [0.15, 0.2) is 4.99 Å². The van der Waals surface area contributed by atoms with Gasteiger partial charge in [-0.3, -0.25) is 14.6 Å². The zero-order chi connectivity index (χ0) is 27.4. The minimum Gasteiger partial charge on any atom is -0.394 e. The maximum absolute atomic E-state index is 13.0. The van der Waals surface area contributed by atoms with Crippen molar-refractivity contribution in [1.82, 2.24) is 19.7 Å². The smallest absolute Gasteiger partial charge is 0.277 e. The summed E-state index contributed by atoms with van der Waals surface area (Å²) in [5.74, 6) is -1.81. The molecule has 0 spiro atoms. The van der Waals surface area contributed by atoms with Crippen LogP contribution in [0.1, 0.15) is 51.4 Å². The molecule has 0 aromatic carbocycles. The molecule has 210 valence electrons. The molecule has 1 saturated carbocycles. The lowest BCUT2D eigenvalue weighted by Crippen LogP contribution is -2.54. The highest BCUT2D eigenvalue weighted by Crippen LogP contribution is 2.18. The molecular weight excluding hydrogens is 514 g/mol. The van der Waals surface area contributed by atoms with E-state index < -0.39 is 56.2 Å². The molecule has 0 bridgehead atoms. The van der Waals surface area contributed by atoms with Gasteiger partial charge in [0.05, 0.1) is 24.9 Å². The molecular formula is C20H41N7O7S2. The zero-order valence-corrected chi connectivity index (χ0v) is 22.6. The van der Waals surface area contributed by atoms with E-state index in [2.05, 4.69) is 19.8 Å². The maximum atomic E-state index is 13.0. The van der Waals surface area contributed by atoms with E-state index in [1.165, 1.54) is 7.05 Å². The Labute approximate surface area is 213 Å². The number of amides is 2. The van der Waals surface area contributed by atoms with Gasteiger partial charge < -0.3 is 26.8 Å². The van der Waals surface area contributed by atoms with E-state index >= 15 is 0 Å². The van der Waals surface area contributed by atoms with Crippen LogP contribution in [0.3, 0.4) is 0 Å². The standard InChI is InChI=1S/C20H41N7O7S2/c1-27(13-18(29)24-16(14-28)9-6-11-23-20(21)22)19(30)17(10-12-35(2,31)32)26-36(33,34)25-15-7-4-3-5-8-15/h15-17,25-26,28H,3-14H2,1-2H3,(H,24,29)(H4,21,22,23). The van der Waals surface area contributed by atoms with Crippen LogP contribution in [-0.4, -0.2) is 101 Å². The van der Waals surface area contributed by atoms with E-state index in [4.69, 9.17) is 11.5 Å². The van der Waals surface area contributed by atoms with Crippen LogP contribution in [0.25, 0.3) is 0 Å². The van der Waals surface area contributed by atoms with Gasteiger partial charge in [0.2, 0.25) is 11.8 Å². The molecule has 0 radical (unpaired) electrons. The van der Waals surface area contributed by atoms with Crippen LogP contribution in [0.4, 0.5) is 0 Å². The molecule has 1 fully saturated rings. The number of aliphatic hydroxyl groups is 1. The van der Waals surface area contributed by atoms with Crippen molar-refractivity contribution in [2.75, 3.05) is 38.8 Å². The Morgan fingerprint density at radius 2 is 1.75 bits per heavy atom. The molecule has 0 aromatic rings. The van der Waals surface area contributed by atoms with Gasteiger partial charge in [-0.05, 0) is 32.1 Å². The second-order valence-electron chi connectivity index (χ2n) is 9.14.